The summed E-state index contributed by atoms with van der Waals surface area (Å²) >= 11 is 0. The lowest BCUT2D eigenvalue weighted by atomic mass is 9.81. The van der Waals surface area contributed by atoms with E-state index in [4.69, 9.17) is 9.47 Å². The molecule has 1 atom stereocenters. The van der Waals surface area contributed by atoms with E-state index in [0.29, 0.717) is 23.7 Å². The number of nitrogens with zero attached hydrogens (tertiary/aromatic N) is 1. The van der Waals surface area contributed by atoms with Crippen molar-refractivity contribution < 1.29 is 44.5 Å². The molecule has 3 aliphatic heterocycles. The van der Waals surface area contributed by atoms with E-state index in [2.05, 4.69) is 5.32 Å². The zero-order valence-electron chi connectivity index (χ0n) is 20.5. The number of carbonyl (C=O) groups is 1. The van der Waals surface area contributed by atoms with E-state index >= 15 is 0 Å². The smallest absolute Gasteiger partial charge is 0.408 e. The number of ether oxygens (including phenoxy) is 2. The summed E-state index contributed by atoms with van der Waals surface area (Å²) in [5, 5.41) is 3.08. The summed E-state index contributed by atoms with van der Waals surface area (Å²) < 4.78 is 40.5. The van der Waals surface area contributed by atoms with Crippen molar-refractivity contribution in [1.82, 2.24) is 5.32 Å². The van der Waals surface area contributed by atoms with E-state index in [-0.39, 0.29) is 23.0 Å². The molecular formula is C29H31BrF2N2O3. The first-order valence-corrected chi connectivity index (χ1v) is 12.5. The fourth-order valence-corrected chi connectivity index (χ4v) is 5.60. The molecule has 3 aliphatic rings. The number of benzene rings is 3. The second-order valence-electron chi connectivity index (χ2n) is 9.84. The summed E-state index contributed by atoms with van der Waals surface area (Å²) in [5.41, 5.74) is 0.900. The van der Waals surface area contributed by atoms with E-state index in [1.54, 1.807) is 24.3 Å². The molecule has 8 heteroatoms. The minimum Gasteiger partial charge on any atom is -1.00 e. The van der Waals surface area contributed by atoms with Crippen LogP contribution in [0.5, 0.6) is 5.75 Å². The van der Waals surface area contributed by atoms with Crippen LogP contribution in [-0.4, -0.2) is 49.4 Å². The molecule has 0 spiro atoms. The summed E-state index contributed by atoms with van der Waals surface area (Å²) in [6.45, 7) is 4.47. The molecule has 0 saturated carbocycles. The Morgan fingerprint density at radius 2 is 1.54 bits per heavy atom. The normalized spacial score (nSPS) is 22.2. The van der Waals surface area contributed by atoms with Crippen LogP contribution in [0.15, 0.2) is 78.9 Å². The Hall–Kier alpha value is -2.97. The van der Waals surface area contributed by atoms with Crippen LogP contribution in [0.2, 0.25) is 0 Å². The number of rotatable bonds is 8. The SMILES string of the molecule is O=C(NC1C[N+]2(CCOc3ccccc3)CCC1CC2)OC(c1cccc(F)c1)c1cccc(F)c1.[Br-]. The molecule has 1 unspecified atom stereocenters. The van der Waals surface area contributed by atoms with Gasteiger partial charge in [-0.1, -0.05) is 42.5 Å². The summed E-state index contributed by atoms with van der Waals surface area (Å²) in [4.78, 5) is 13.1. The van der Waals surface area contributed by atoms with E-state index in [1.165, 1.54) is 24.3 Å². The molecule has 2 bridgehead atoms. The van der Waals surface area contributed by atoms with Crippen LogP contribution in [-0.2, 0) is 4.74 Å². The molecular weight excluding hydrogens is 542 g/mol. The number of carbonyl (C=O) groups excluding carboxylic acids is 1. The lowest BCUT2D eigenvalue weighted by Gasteiger charge is -2.52. The van der Waals surface area contributed by atoms with Crippen molar-refractivity contribution in [3.63, 3.8) is 0 Å². The topological polar surface area (TPSA) is 47.6 Å². The molecule has 196 valence electrons. The standard InChI is InChI=1S/C29H30F2N2O3.BrH/c30-24-8-4-6-22(18-24)28(23-7-5-9-25(31)19-23)36-29(34)32-27-20-33(14-12-21(27)13-15-33)16-17-35-26-10-2-1-3-11-26;/h1-11,18-19,21,27-28H,12-17,20H2;1H. The van der Waals surface area contributed by atoms with Crippen molar-refractivity contribution in [2.24, 2.45) is 5.92 Å². The third-order valence-electron chi connectivity index (χ3n) is 7.51. The van der Waals surface area contributed by atoms with Crippen molar-refractivity contribution in [3.05, 3.63) is 102 Å². The third-order valence-corrected chi connectivity index (χ3v) is 7.51. The Labute approximate surface area is 226 Å². The molecule has 0 aliphatic carbocycles. The third kappa shape index (κ3) is 6.67. The van der Waals surface area contributed by atoms with Gasteiger partial charge in [-0.15, -0.1) is 0 Å². The van der Waals surface area contributed by atoms with E-state index in [0.717, 1.165) is 49.3 Å². The highest BCUT2D eigenvalue weighted by Crippen LogP contribution is 2.34. The number of quaternary nitrogens is 1. The highest BCUT2D eigenvalue weighted by atomic mass is 79.9. The first kappa shape index (κ1) is 27.1. The minimum absolute atomic E-state index is 0. The number of halogens is 3. The van der Waals surface area contributed by atoms with Gasteiger partial charge in [-0.05, 0) is 53.4 Å². The van der Waals surface area contributed by atoms with Crippen molar-refractivity contribution >= 4 is 6.09 Å². The Bertz CT molecular complexity index is 1140. The number of nitrogens with one attached hydrogen (secondary N) is 1. The number of hydrogen-bond acceptors (Lipinski definition) is 3. The molecule has 3 heterocycles. The maximum atomic E-state index is 13.9. The quantitative estimate of drug-likeness (QED) is 0.422. The van der Waals surface area contributed by atoms with Crippen LogP contribution in [0.4, 0.5) is 13.6 Å². The summed E-state index contributed by atoms with van der Waals surface area (Å²) in [5.74, 6) is 0.370. The molecule has 3 aromatic rings. The molecule has 3 saturated heterocycles. The van der Waals surface area contributed by atoms with Gasteiger partial charge >= 0.3 is 6.09 Å². The van der Waals surface area contributed by atoms with Crippen molar-refractivity contribution in [1.29, 1.82) is 0 Å². The fraction of sp³-hybridized carbons (Fsp3) is 0.345. The number of para-hydroxylation sites is 1. The minimum atomic E-state index is -0.917. The van der Waals surface area contributed by atoms with Crippen LogP contribution in [0.3, 0.4) is 0 Å². The predicted molar refractivity (Wildman–Crippen MR) is 132 cm³/mol. The molecule has 1 N–H and O–H groups in total. The second kappa shape index (κ2) is 12.0. The number of hydrogen-bond donors (Lipinski definition) is 1. The molecule has 37 heavy (non-hydrogen) atoms. The number of piperidine rings is 3. The summed E-state index contributed by atoms with van der Waals surface area (Å²) in [6.07, 6.45) is 0.576. The lowest BCUT2D eigenvalue weighted by molar-refractivity contribution is -0.943. The van der Waals surface area contributed by atoms with Gasteiger partial charge in [0.1, 0.15) is 30.5 Å². The average Bonchev–Trinajstić information content (AvgIpc) is 2.88. The monoisotopic (exact) mass is 572 g/mol. The van der Waals surface area contributed by atoms with Crippen LogP contribution in [0.1, 0.15) is 30.1 Å². The maximum Gasteiger partial charge on any atom is 0.408 e. The van der Waals surface area contributed by atoms with Crippen molar-refractivity contribution in [2.45, 2.75) is 25.0 Å². The Balaban J connectivity index is 0.00000320. The molecule has 0 aromatic heterocycles. The Morgan fingerprint density at radius 1 is 0.919 bits per heavy atom. The highest BCUT2D eigenvalue weighted by Gasteiger charge is 2.46. The first-order valence-electron chi connectivity index (χ1n) is 12.5. The van der Waals surface area contributed by atoms with Gasteiger partial charge in [-0.25, -0.2) is 13.6 Å². The first-order chi connectivity index (χ1) is 17.5. The van der Waals surface area contributed by atoms with Gasteiger partial charge < -0.3 is 36.3 Å². The molecule has 1 amide bonds. The van der Waals surface area contributed by atoms with Crippen LogP contribution in [0, 0.1) is 17.6 Å². The van der Waals surface area contributed by atoms with E-state index < -0.39 is 23.8 Å². The number of fused-ring (bicyclic) bond motifs is 3. The van der Waals surface area contributed by atoms with Crippen molar-refractivity contribution in [2.75, 3.05) is 32.8 Å². The van der Waals surface area contributed by atoms with E-state index in [9.17, 15) is 13.6 Å². The van der Waals surface area contributed by atoms with Gasteiger partial charge in [0.15, 0.2) is 6.10 Å². The van der Waals surface area contributed by atoms with Gasteiger partial charge in [0.25, 0.3) is 0 Å². The van der Waals surface area contributed by atoms with Gasteiger partial charge in [-0.2, -0.15) is 0 Å². The maximum absolute atomic E-state index is 13.9. The van der Waals surface area contributed by atoms with Gasteiger partial charge in [0.2, 0.25) is 0 Å². The molecule has 3 aromatic carbocycles. The average molecular weight is 573 g/mol. The summed E-state index contributed by atoms with van der Waals surface area (Å²) in [7, 11) is 0. The Morgan fingerprint density at radius 3 is 2.14 bits per heavy atom. The van der Waals surface area contributed by atoms with Gasteiger partial charge in [0, 0.05) is 12.8 Å². The molecule has 5 nitrogen and oxygen atoms in total. The Kier molecular flexibility index (Phi) is 8.82. The highest BCUT2D eigenvalue weighted by molar-refractivity contribution is 5.68. The van der Waals surface area contributed by atoms with Crippen LogP contribution < -0.4 is 27.0 Å². The molecule has 3 fully saturated rings. The van der Waals surface area contributed by atoms with Gasteiger partial charge in [-0.3, -0.25) is 0 Å². The number of amides is 1. The van der Waals surface area contributed by atoms with Gasteiger partial charge in [0.05, 0.1) is 25.7 Å². The largest absolute Gasteiger partial charge is 1.00 e. The van der Waals surface area contributed by atoms with E-state index in [1.807, 2.05) is 30.3 Å². The summed E-state index contributed by atoms with van der Waals surface area (Å²) in [6, 6.07) is 21.5. The lowest BCUT2D eigenvalue weighted by Crippen LogP contribution is -3.00. The second-order valence-corrected chi connectivity index (χ2v) is 9.84. The predicted octanol–water partition coefficient (Wildman–Crippen LogP) is 2.47. The van der Waals surface area contributed by atoms with Crippen LogP contribution >= 0.6 is 0 Å². The number of alkyl carbamates (subject to hydrolysis) is 1. The van der Waals surface area contributed by atoms with Crippen LogP contribution in [0.25, 0.3) is 0 Å². The molecule has 6 rings (SSSR count). The fourth-order valence-electron chi connectivity index (χ4n) is 5.60. The molecule has 0 radical (unpaired) electrons. The zero-order valence-corrected chi connectivity index (χ0v) is 22.1. The zero-order chi connectivity index (χ0) is 25.0. The van der Waals surface area contributed by atoms with Crippen molar-refractivity contribution in [3.8, 4) is 5.75 Å².